The van der Waals surface area contributed by atoms with Gasteiger partial charge in [-0.25, -0.2) is 8.42 Å². The molecule has 0 bridgehead atoms. The maximum absolute atomic E-state index is 12.4. The lowest BCUT2D eigenvalue weighted by molar-refractivity contribution is 0.104. The van der Waals surface area contributed by atoms with Crippen LogP contribution in [0.1, 0.15) is 13.3 Å². The highest BCUT2D eigenvalue weighted by atomic mass is 32.2. The molecule has 0 spiro atoms. The Morgan fingerprint density at radius 3 is 2.61 bits per heavy atom. The van der Waals surface area contributed by atoms with Crippen molar-refractivity contribution < 1.29 is 13.2 Å². The molecule has 1 aliphatic carbocycles. The summed E-state index contributed by atoms with van der Waals surface area (Å²) in [5, 5.41) is -0.399. The van der Waals surface area contributed by atoms with Crippen LogP contribution in [0.15, 0.2) is 35.2 Å². The van der Waals surface area contributed by atoms with Crippen LogP contribution in [-0.4, -0.2) is 33.4 Å². The molecule has 2 atom stereocenters. The zero-order valence-corrected chi connectivity index (χ0v) is 11.3. The SMILES string of the molecule is CCOCC1(CN)CC1S(=O)(=O)c1ccccc1. The predicted octanol–water partition coefficient (Wildman–Crippen LogP) is 1.21. The summed E-state index contributed by atoms with van der Waals surface area (Å²) >= 11 is 0. The Kier molecular flexibility index (Phi) is 3.75. The standard InChI is InChI=1S/C13H19NO3S/c1-2-17-10-13(9-14)8-12(13)18(15,16)11-6-4-3-5-7-11/h3-7,12H,2,8-10,14H2,1H3. The first kappa shape index (κ1) is 13.5. The van der Waals surface area contributed by atoms with Crippen molar-refractivity contribution in [3.63, 3.8) is 0 Å². The highest BCUT2D eigenvalue weighted by molar-refractivity contribution is 7.92. The van der Waals surface area contributed by atoms with Gasteiger partial charge < -0.3 is 10.5 Å². The minimum absolute atomic E-state index is 0.351. The van der Waals surface area contributed by atoms with Gasteiger partial charge in [0.2, 0.25) is 0 Å². The van der Waals surface area contributed by atoms with Crippen LogP contribution in [0.5, 0.6) is 0 Å². The number of sulfone groups is 1. The Hall–Kier alpha value is -0.910. The van der Waals surface area contributed by atoms with E-state index in [1.165, 1.54) is 0 Å². The third kappa shape index (κ3) is 2.30. The molecule has 1 fully saturated rings. The van der Waals surface area contributed by atoms with E-state index < -0.39 is 15.1 Å². The van der Waals surface area contributed by atoms with Gasteiger partial charge in [-0.05, 0) is 25.5 Å². The van der Waals surface area contributed by atoms with Gasteiger partial charge in [0.05, 0.1) is 16.8 Å². The molecule has 0 radical (unpaired) electrons. The molecule has 4 nitrogen and oxygen atoms in total. The van der Waals surface area contributed by atoms with Crippen molar-refractivity contribution in [2.75, 3.05) is 19.8 Å². The van der Waals surface area contributed by atoms with Gasteiger partial charge in [0.1, 0.15) is 0 Å². The number of benzene rings is 1. The van der Waals surface area contributed by atoms with Crippen molar-refractivity contribution in [3.8, 4) is 0 Å². The molecule has 5 heteroatoms. The van der Waals surface area contributed by atoms with E-state index in [-0.39, 0.29) is 5.41 Å². The van der Waals surface area contributed by atoms with Crippen LogP contribution in [0.4, 0.5) is 0 Å². The molecule has 1 aliphatic rings. The second kappa shape index (κ2) is 4.99. The van der Waals surface area contributed by atoms with Crippen molar-refractivity contribution in [1.82, 2.24) is 0 Å². The van der Waals surface area contributed by atoms with Gasteiger partial charge in [0.15, 0.2) is 9.84 Å². The molecule has 1 aromatic carbocycles. The Bertz CT molecular complexity index is 500. The third-order valence-corrected chi connectivity index (χ3v) is 5.91. The lowest BCUT2D eigenvalue weighted by atomic mass is 10.1. The van der Waals surface area contributed by atoms with Crippen LogP contribution in [0.2, 0.25) is 0 Å². The fourth-order valence-electron chi connectivity index (χ4n) is 2.25. The summed E-state index contributed by atoms with van der Waals surface area (Å²) in [5.41, 5.74) is 5.35. The van der Waals surface area contributed by atoms with Crippen molar-refractivity contribution in [2.24, 2.45) is 11.1 Å². The average Bonchev–Trinajstić information content (AvgIpc) is 3.14. The van der Waals surface area contributed by atoms with Gasteiger partial charge in [-0.15, -0.1) is 0 Å². The number of rotatable bonds is 6. The van der Waals surface area contributed by atoms with Crippen LogP contribution >= 0.6 is 0 Å². The van der Waals surface area contributed by atoms with E-state index in [2.05, 4.69) is 0 Å². The first-order chi connectivity index (χ1) is 8.57. The number of hydrogen-bond acceptors (Lipinski definition) is 4. The summed E-state index contributed by atoms with van der Waals surface area (Å²) in [6.07, 6.45) is 0.598. The number of ether oxygens (including phenoxy) is 1. The molecule has 2 N–H and O–H groups in total. The van der Waals surface area contributed by atoms with E-state index in [4.69, 9.17) is 10.5 Å². The van der Waals surface area contributed by atoms with E-state index in [0.717, 1.165) is 0 Å². The van der Waals surface area contributed by atoms with Gasteiger partial charge in [0, 0.05) is 18.6 Å². The summed E-state index contributed by atoms with van der Waals surface area (Å²) < 4.78 is 30.2. The van der Waals surface area contributed by atoms with E-state index in [0.29, 0.717) is 31.1 Å². The van der Waals surface area contributed by atoms with E-state index in [1.807, 2.05) is 13.0 Å². The largest absolute Gasteiger partial charge is 0.381 e. The Labute approximate surface area is 108 Å². The first-order valence-corrected chi connectivity index (χ1v) is 7.68. The Morgan fingerprint density at radius 1 is 1.39 bits per heavy atom. The fraction of sp³-hybridized carbons (Fsp3) is 0.538. The predicted molar refractivity (Wildman–Crippen MR) is 70.0 cm³/mol. The van der Waals surface area contributed by atoms with E-state index in [1.54, 1.807) is 24.3 Å². The quantitative estimate of drug-likeness (QED) is 0.843. The molecule has 2 rings (SSSR count). The molecule has 0 aliphatic heterocycles. The second-order valence-electron chi connectivity index (χ2n) is 4.75. The molecular formula is C13H19NO3S. The Morgan fingerprint density at radius 2 is 2.06 bits per heavy atom. The van der Waals surface area contributed by atoms with E-state index in [9.17, 15) is 8.42 Å². The molecule has 2 unspecified atom stereocenters. The zero-order chi connectivity index (χ0) is 13.2. The Balaban J connectivity index is 2.19. The molecule has 0 amide bonds. The summed E-state index contributed by atoms with van der Waals surface area (Å²) in [4.78, 5) is 0.377. The summed E-state index contributed by atoms with van der Waals surface area (Å²) in [6.45, 7) is 3.26. The summed E-state index contributed by atoms with van der Waals surface area (Å²) in [5.74, 6) is 0. The van der Waals surface area contributed by atoms with Gasteiger partial charge in [-0.3, -0.25) is 0 Å². The van der Waals surface area contributed by atoms with Crippen LogP contribution in [0.25, 0.3) is 0 Å². The van der Waals surface area contributed by atoms with Crippen LogP contribution in [0, 0.1) is 5.41 Å². The maximum atomic E-state index is 12.4. The minimum Gasteiger partial charge on any atom is -0.381 e. The topological polar surface area (TPSA) is 69.4 Å². The second-order valence-corrected chi connectivity index (χ2v) is 6.88. The zero-order valence-electron chi connectivity index (χ0n) is 10.5. The van der Waals surface area contributed by atoms with Crippen LogP contribution in [0.3, 0.4) is 0 Å². The number of hydrogen-bond donors (Lipinski definition) is 1. The minimum atomic E-state index is -3.28. The summed E-state index contributed by atoms with van der Waals surface area (Å²) in [6, 6.07) is 8.55. The molecule has 18 heavy (non-hydrogen) atoms. The average molecular weight is 269 g/mol. The monoisotopic (exact) mass is 269 g/mol. The lowest BCUT2D eigenvalue weighted by Crippen LogP contribution is -2.28. The number of nitrogens with two attached hydrogens (primary N) is 1. The van der Waals surface area contributed by atoms with E-state index >= 15 is 0 Å². The highest BCUT2D eigenvalue weighted by Gasteiger charge is 2.60. The highest BCUT2D eigenvalue weighted by Crippen LogP contribution is 2.51. The van der Waals surface area contributed by atoms with Crippen molar-refractivity contribution in [3.05, 3.63) is 30.3 Å². The van der Waals surface area contributed by atoms with Gasteiger partial charge in [-0.1, -0.05) is 18.2 Å². The normalized spacial score (nSPS) is 27.1. The van der Waals surface area contributed by atoms with Crippen molar-refractivity contribution in [1.29, 1.82) is 0 Å². The molecular weight excluding hydrogens is 250 g/mol. The third-order valence-electron chi connectivity index (χ3n) is 3.56. The molecule has 0 aromatic heterocycles. The van der Waals surface area contributed by atoms with Crippen LogP contribution < -0.4 is 5.73 Å². The maximum Gasteiger partial charge on any atom is 0.181 e. The van der Waals surface area contributed by atoms with Gasteiger partial charge in [0.25, 0.3) is 0 Å². The molecule has 0 heterocycles. The molecule has 0 saturated heterocycles. The fourth-order valence-corrected chi connectivity index (χ4v) is 4.49. The molecule has 1 aromatic rings. The van der Waals surface area contributed by atoms with Gasteiger partial charge in [-0.2, -0.15) is 0 Å². The van der Waals surface area contributed by atoms with Crippen molar-refractivity contribution >= 4 is 9.84 Å². The summed E-state index contributed by atoms with van der Waals surface area (Å²) in [7, 11) is -3.28. The molecule has 100 valence electrons. The van der Waals surface area contributed by atoms with Gasteiger partial charge >= 0.3 is 0 Å². The smallest absolute Gasteiger partial charge is 0.181 e. The van der Waals surface area contributed by atoms with Crippen molar-refractivity contribution in [2.45, 2.75) is 23.5 Å². The first-order valence-electron chi connectivity index (χ1n) is 6.13. The lowest BCUT2D eigenvalue weighted by Gasteiger charge is -2.14. The molecule has 1 saturated carbocycles. The van der Waals surface area contributed by atoms with Crippen LogP contribution in [-0.2, 0) is 14.6 Å².